The minimum Gasteiger partial charge on any atom is -0.477 e. The highest BCUT2D eigenvalue weighted by Gasteiger charge is 2.22. The number of nitrogens with one attached hydrogen (secondary N) is 2. The van der Waals surface area contributed by atoms with E-state index in [0.29, 0.717) is 12.4 Å². The number of rotatable bonds is 9. The molecule has 3 rings (SSSR count). The molecule has 0 saturated heterocycles. The summed E-state index contributed by atoms with van der Waals surface area (Å²) in [5.41, 5.74) is 3.39. The highest BCUT2D eigenvalue weighted by Crippen LogP contribution is 2.29. The number of hydrogen-bond donors (Lipinski definition) is 2. The van der Waals surface area contributed by atoms with Crippen LogP contribution in [0.2, 0.25) is 0 Å². The second-order valence-corrected chi connectivity index (χ2v) is 7.11. The summed E-state index contributed by atoms with van der Waals surface area (Å²) in [4.78, 5) is 8.57. The van der Waals surface area contributed by atoms with E-state index in [9.17, 15) is 0 Å². The van der Waals surface area contributed by atoms with E-state index in [2.05, 4.69) is 38.7 Å². The van der Waals surface area contributed by atoms with Gasteiger partial charge in [-0.25, -0.2) is 4.98 Å². The first-order valence-electron chi connectivity index (χ1n) is 9.67. The molecule has 0 radical (unpaired) electrons. The van der Waals surface area contributed by atoms with Crippen molar-refractivity contribution in [2.45, 2.75) is 46.2 Å². The zero-order valence-electron chi connectivity index (χ0n) is 16.9. The van der Waals surface area contributed by atoms with Crippen LogP contribution >= 0.6 is 24.0 Å². The predicted octanol–water partition coefficient (Wildman–Crippen LogP) is 3.06. The van der Waals surface area contributed by atoms with Crippen LogP contribution in [0.4, 0.5) is 0 Å². The Balaban J connectivity index is 0.00000280. The molecule has 154 valence electrons. The standard InChI is InChI=1S/C20H30N6O.HI/c1-15-11-16(2)26(25-15)10-4-8-23-20(21-3)24-13-18-7-9-22-19(12-18)27-14-17-5-6-17;/h7,9,11-12,17H,4-6,8,10,13-14H2,1-3H3,(H2,21,23,24);1H. The number of hydrogen-bond acceptors (Lipinski definition) is 4. The maximum absolute atomic E-state index is 5.74. The highest BCUT2D eigenvalue weighted by atomic mass is 127. The number of guanidine groups is 1. The molecule has 1 aliphatic carbocycles. The van der Waals surface area contributed by atoms with Gasteiger partial charge in [-0.2, -0.15) is 5.10 Å². The summed E-state index contributed by atoms with van der Waals surface area (Å²) >= 11 is 0. The lowest BCUT2D eigenvalue weighted by Gasteiger charge is -2.13. The number of halogens is 1. The second-order valence-electron chi connectivity index (χ2n) is 7.11. The Kier molecular flexibility index (Phi) is 9.01. The third kappa shape index (κ3) is 7.29. The molecule has 2 aromatic rings. The molecule has 1 aliphatic rings. The van der Waals surface area contributed by atoms with Crippen molar-refractivity contribution in [1.29, 1.82) is 0 Å². The van der Waals surface area contributed by atoms with Crippen LogP contribution in [-0.4, -0.2) is 40.9 Å². The third-order valence-corrected chi connectivity index (χ3v) is 4.59. The molecule has 8 heteroatoms. The Bertz CT molecular complexity index is 772. The number of aryl methyl sites for hydroxylation is 3. The molecule has 2 aromatic heterocycles. The fraction of sp³-hybridized carbons (Fsp3) is 0.550. The predicted molar refractivity (Wildman–Crippen MR) is 122 cm³/mol. The van der Waals surface area contributed by atoms with Crippen LogP contribution < -0.4 is 15.4 Å². The van der Waals surface area contributed by atoms with E-state index < -0.39 is 0 Å². The zero-order chi connectivity index (χ0) is 19.1. The number of ether oxygens (including phenoxy) is 1. The van der Waals surface area contributed by atoms with Gasteiger partial charge < -0.3 is 15.4 Å². The summed E-state index contributed by atoms with van der Waals surface area (Å²) in [5, 5.41) is 11.2. The maximum Gasteiger partial charge on any atom is 0.213 e. The van der Waals surface area contributed by atoms with Crippen LogP contribution in [0.15, 0.2) is 29.4 Å². The summed E-state index contributed by atoms with van der Waals surface area (Å²) in [6.45, 7) is 7.31. The lowest BCUT2D eigenvalue weighted by atomic mass is 10.2. The molecule has 0 amide bonds. The third-order valence-electron chi connectivity index (χ3n) is 4.59. The van der Waals surface area contributed by atoms with E-state index in [1.807, 2.05) is 23.7 Å². The van der Waals surface area contributed by atoms with Crippen molar-refractivity contribution in [3.63, 3.8) is 0 Å². The van der Waals surface area contributed by atoms with Gasteiger partial charge in [0.1, 0.15) is 0 Å². The van der Waals surface area contributed by atoms with Crippen molar-refractivity contribution in [2.75, 3.05) is 20.2 Å². The van der Waals surface area contributed by atoms with Gasteiger partial charge in [-0.15, -0.1) is 24.0 Å². The number of nitrogens with zero attached hydrogens (tertiary/aromatic N) is 4. The first kappa shape index (κ1) is 22.4. The molecule has 28 heavy (non-hydrogen) atoms. The summed E-state index contributed by atoms with van der Waals surface area (Å²) in [6, 6.07) is 6.09. The van der Waals surface area contributed by atoms with E-state index in [1.165, 1.54) is 18.5 Å². The average Bonchev–Trinajstić information content (AvgIpc) is 3.44. The normalized spacial score (nSPS) is 13.8. The smallest absolute Gasteiger partial charge is 0.213 e. The van der Waals surface area contributed by atoms with Gasteiger partial charge in [0.05, 0.1) is 12.3 Å². The SMILES string of the molecule is CN=C(NCCCn1nc(C)cc1C)NCc1ccnc(OCC2CC2)c1.I. The van der Waals surface area contributed by atoms with Gasteiger partial charge in [0.2, 0.25) is 5.88 Å². The summed E-state index contributed by atoms with van der Waals surface area (Å²) in [5.74, 6) is 2.22. The minimum atomic E-state index is 0. The summed E-state index contributed by atoms with van der Waals surface area (Å²) < 4.78 is 7.79. The molecule has 1 fully saturated rings. The zero-order valence-corrected chi connectivity index (χ0v) is 19.3. The molecule has 0 bridgehead atoms. The maximum atomic E-state index is 5.74. The summed E-state index contributed by atoms with van der Waals surface area (Å²) in [7, 11) is 1.78. The topological polar surface area (TPSA) is 76.4 Å². The van der Waals surface area contributed by atoms with Crippen molar-refractivity contribution in [2.24, 2.45) is 10.9 Å². The lowest BCUT2D eigenvalue weighted by molar-refractivity contribution is 0.288. The quantitative estimate of drug-likeness (QED) is 0.241. The molecule has 0 unspecified atom stereocenters. The van der Waals surface area contributed by atoms with Gasteiger partial charge in [0.15, 0.2) is 5.96 Å². The van der Waals surface area contributed by atoms with Gasteiger partial charge in [-0.1, -0.05) is 0 Å². The van der Waals surface area contributed by atoms with Crippen LogP contribution in [0.1, 0.15) is 36.2 Å². The van der Waals surface area contributed by atoms with Crippen molar-refractivity contribution >= 4 is 29.9 Å². The Morgan fingerprint density at radius 1 is 1.29 bits per heavy atom. The molecule has 7 nitrogen and oxygen atoms in total. The Hall–Kier alpha value is -1.84. The van der Waals surface area contributed by atoms with Crippen molar-refractivity contribution < 1.29 is 4.74 Å². The van der Waals surface area contributed by atoms with Gasteiger partial charge in [-0.3, -0.25) is 9.67 Å². The minimum absolute atomic E-state index is 0. The number of aromatic nitrogens is 3. The van der Waals surface area contributed by atoms with Gasteiger partial charge >= 0.3 is 0 Å². The van der Waals surface area contributed by atoms with E-state index in [4.69, 9.17) is 4.74 Å². The first-order valence-corrected chi connectivity index (χ1v) is 9.67. The highest BCUT2D eigenvalue weighted by molar-refractivity contribution is 14.0. The lowest BCUT2D eigenvalue weighted by Crippen LogP contribution is -2.37. The molecule has 0 aliphatic heterocycles. The van der Waals surface area contributed by atoms with Crippen molar-refractivity contribution in [1.82, 2.24) is 25.4 Å². The van der Waals surface area contributed by atoms with Crippen molar-refractivity contribution in [3.8, 4) is 5.88 Å². The van der Waals surface area contributed by atoms with Crippen LogP contribution in [0, 0.1) is 19.8 Å². The largest absolute Gasteiger partial charge is 0.477 e. The van der Waals surface area contributed by atoms with Crippen LogP contribution in [-0.2, 0) is 13.1 Å². The van der Waals surface area contributed by atoms with Crippen LogP contribution in [0.5, 0.6) is 5.88 Å². The Morgan fingerprint density at radius 2 is 2.11 bits per heavy atom. The Labute approximate surface area is 184 Å². The first-order chi connectivity index (χ1) is 13.1. The monoisotopic (exact) mass is 498 g/mol. The molecule has 2 heterocycles. The van der Waals surface area contributed by atoms with Crippen molar-refractivity contribution in [3.05, 3.63) is 41.3 Å². The van der Waals surface area contributed by atoms with Gasteiger partial charge in [0, 0.05) is 44.6 Å². The average molecular weight is 498 g/mol. The van der Waals surface area contributed by atoms with Gasteiger partial charge in [0.25, 0.3) is 0 Å². The number of aliphatic imine (C=N–C) groups is 1. The summed E-state index contributed by atoms with van der Waals surface area (Å²) in [6.07, 6.45) is 5.34. The van der Waals surface area contributed by atoms with Gasteiger partial charge in [-0.05, 0) is 56.7 Å². The Morgan fingerprint density at radius 3 is 2.79 bits per heavy atom. The van der Waals surface area contributed by atoms with E-state index in [1.54, 1.807) is 13.2 Å². The fourth-order valence-corrected chi connectivity index (χ4v) is 2.87. The molecule has 0 atom stereocenters. The number of pyridine rings is 1. The molecule has 0 aromatic carbocycles. The van der Waals surface area contributed by atoms with Crippen LogP contribution in [0.25, 0.3) is 0 Å². The molecule has 2 N–H and O–H groups in total. The molecular formula is C20H31IN6O. The van der Waals surface area contributed by atoms with E-state index in [0.717, 1.165) is 49.3 Å². The molecule has 0 spiro atoms. The van der Waals surface area contributed by atoms with E-state index >= 15 is 0 Å². The fourth-order valence-electron chi connectivity index (χ4n) is 2.87. The second kappa shape index (κ2) is 11.2. The van der Waals surface area contributed by atoms with E-state index in [-0.39, 0.29) is 24.0 Å². The van der Waals surface area contributed by atoms with Crippen LogP contribution in [0.3, 0.4) is 0 Å². The molecule has 1 saturated carbocycles. The molecular weight excluding hydrogens is 467 g/mol.